The van der Waals surface area contributed by atoms with Gasteiger partial charge in [0.2, 0.25) is 0 Å². The molecule has 94 valence electrons. The Labute approximate surface area is 107 Å². The molecule has 1 aliphatic rings. The van der Waals surface area contributed by atoms with Crippen molar-refractivity contribution in [3.05, 3.63) is 11.5 Å². The van der Waals surface area contributed by atoms with Crippen LogP contribution in [0.25, 0.3) is 0 Å². The Morgan fingerprint density at radius 2 is 2.18 bits per heavy atom. The van der Waals surface area contributed by atoms with E-state index in [2.05, 4.69) is 33.7 Å². The highest BCUT2D eigenvalue weighted by Gasteiger charge is 2.23. The van der Waals surface area contributed by atoms with Gasteiger partial charge in [0.1, 0.15) is 12.0 Å². The quantitative estimate of drug-likeness (QED) is 0.766. The van der Waals surface area contributed by atoms with Crippen molar-refractivity contribution in [3.8, 4) is 0 Å². The Hall–Kier alpha value is -1.07. The highest BCUT2D eigenvalue weighted by atomic mass is 35.5. The fourth-order valence-corrected chi connectivity index (χ4v) is 2.41. The molecular weight excluding hydrogens is 238 g/mol. The topological polar surface area (TPSA) is 58.3 Å². The Balaban J connectivity index is 2.28. The molecule has 1 aromatic heterocycles. The highest BCUT2D eigenvalue weighted by Crippen LogP contribution is 2.28. The second-order valence-electron chi connectivity index (χ2n) is 4.56. The average molecular weight is 256 g/mol. The van der Waals surface area contributed by atoms with Crippen molar-refractivity contribution in [2.75, 3.05) is 37.3 Å². The molecule has 2 heterocycles. The van der Waals surface area contributed by atoms with Crippen molar-refractivity contribution >= 4 is 23.1 Å². The van der Waals surface area contributed by atoms with Gasteiger partial charge in [0, 0.05) is 19.1 Å². The standard InChI is InChI=1S/C11H18ClN5/c1-8-6-16(2)4-3-5-17(8)11-9(13)10(12)14-7-15-11/h7-8H,3-6,13H2,1-2H3. The number of nitrogens with zero attached hydrogens (tertiary/aromatic N) is 4. The van der Waals surface area contributed by atoms with Gasteiger partial charge in [-0.3, -0.25) is 0 Å². The van der Waals surface area contributed by atoms with E-state index in [1.807, 2.05) is 0 Å². The molecule has 1 aromatic rings. The molecule has 2 rings (SSSR count). The summed E-state index contributed by atoms with van der Waals surface area (Å²) in [7, 11) is 2.14. The zero-order valence-corrected chi connectivity index (χ0v) is 11.0. The molecule has 1 atom stereocenters. The van der Waals surface area contributed by atoms with Crippen LogP contribution in [0.2, 0.25) is 5.15 Å². The lowest BCUT2D eigenvalue weighted by molar-refractivity contribution is 0.337. The lowest BCUT2D eigenvalue weighted by Crippen LogP contribution is -2.38. The third-order valence-corrected chi connectivity index (χ3v) is 3.43. The van der Waals surface area contributed by atoms with Gasteiger partial charge in [-0.05, 0) is 26.9 Å². The summed E-state index contributed by atoms with van der Waals surface area (Å²) in [5.41, 5.74) is 6.43. The molecule has 0 aliphatic carbocycles. The van der Waals surface area contributed by atoms with E-state index < -0.39 is 0 Å². The molecule has 0 aromatic carbocycles. The second kappa shape index (κ2) is 5.06. The van der Waals surface area contributed by atoms with Gasteiger partial charge < -0.3 is 15.5 Å². The number of halogens is 1. The first-order valence-electron chi connectivity index (χ1n) is 5.80. The van der Waals surface area contributed by atoms with Crippen molar-refractivity contribution in [1.82, 2.24) is 14.9 Å². The van der Waals surface area contributed by atoms with Gasteiger partial charge in [0.25, 0.3) is 0 Å². The Morgan fingerprint density at radius 1 is 1.41 bits per heavy atom. The summed E-state index contributed by atoms with van der Waals surface area (Å²) in [6.07, 6.45) is 2.57. The van der Waals surface area contributed by atoms with Crippen molar-refractivity contribution in [1.29, 1.82) is 0 Å². The first-order chi connectivity index (χ1) is 8.09. The molecule has 0 spiro atoms. The van der Waals surface area contributed by atoms with Crippen molar-refractivity contribution in [3.63, 3.8) is 0 Å². The van der Waals surface area contributed by atoms with Gasteiger partial charge in [-0.2, -0.15) is 0 Å². The number of anilines is 2. The molecule has 0 saturated carbocycles. The molecule has 0 amide bonds. The largest absolute Gasteiger partial charge is 0.393 e. The monoisotopic (exact) mass is 255 g/mol. The zero-order chi connectivity index (χ0) is 12.4. The van der Waals surface area contributed by atoms with Gasteiger partial charge in [-0.25, -0.2) is 9.97 Å². The highest BCUT2D eigenvalue weighted by molar-refractivity contribution is 6.32. The number of likely N-dealkylation sites (N-methyl/N-ethyl adjacent to an activating group) is 1. The van der Waals surface area contributed by atoms with Crippen LogP contribution in [-0.2, 0) is 0 Å². The summed E-state index contributed by atoms with van der Waals surface area (Å²) in [6, 6.07) is 0.371. The van der Waals surface area contributed by atoms with Crippen molar-refractivity contribution in [2.24, 2.45) is 0 Å². The lowest BCUT2D eigenvalue weighted by Gasteiger charge is -2.29. The molecule has 1 fully saturated rings. The van der Waals surface area contributed by atoms with Crippen LogP contribution in [0, 0.1) is 0 Å². The van der Waals surface area contributed by atoms with Gasteiger partial charge >= 0.3 is 0 Å². The van der Waals surface area contributed by atoms with Crippen LogP contribution in [0.3, 0.4) is 0 Å². The Kier molecular flexibility index (Phi) is 3.69. The Bertz CT molecular complexity index is 397. The van der Waals surface area contributed by atoms with E-state index in [0.717, 1.165) is 31.9 Å². The molecule has 1 saturated heterocycles. The van der Waals surface area contributed by atoms with E-state index in [1.165, 1.54) is 6.33 Å². The molecule has 1 aliphatic heterocycles. The van der Waals surface area contributed by atoms with Gasteiger partial charge in [0.05, 0.1) is 0 Å². The summed E-state index contributed by atoms with van der Waals surface area (Å²) in [5, 5.41) is 0.333. The van der Waals surface area contributed by atoms with E-state index >= 15 is 0 Å². The second-order valence-corrected chi connectivity index (χ2v) is 4.92. The molecule has 5 nitrogen and oxygen atoms in total. The number of rotatable bonds is 1. The summed E-state index contributed by atoms with van der Waals surface area (Å²) in [4.78, 5) is 12.7. The molecule has 0 radical (unpaired) electrons. The van der Waals surface area contributed by atoms with E-state index in [0.29, 0.717) is 16.9 Å². The minimum atomic E-state index is 0.333. The first-order valence-corrected chi connectivity index (χ1v) is 6.18. The van der Waals surface area contributed by atoms with E-state index in [1.54, 1.807) is 0 Å². The number of hydrogen-bond donors (Lipinski definition) is 1. The van der Waals surface area contributed by atoms with Crippen molar-refractivity contribution in [2.45, 2.75) is 19.4 Å². The molecule has 1 unspecified atom stereocenters. The summed E-state index contributed by atoms with van der Waals surface area (Å²) in [6.45, 7) is 5.22. The maximum absolute atomic E-state index is 5.95. The molecule has 17 heavy (non-hydrogen) atoms. The number of nitrogen functional groups attached to an aromatic ring is 1. The van der Waals surface area contributed by atoms with Crippen LogP contribution in [0.15, 0.2) is 6.33 Å². The lowest BCUT2D eigenvalue weighted by atomic mass is 10.2. The van der Waals surface area contributed by atoms with Crippen LogP contribution in [0.4, 0.5) is 11.5 Å². The van der Waals surface area contributed by atoms with E-state index in [9.17, 15) is 0 Å². The van der Waals surface area contributed by atoms with E-state index in [4.69, 9.17) is 17.3 Å². The molecule has 2 N–H and O–H groups in total. The van der Waals surface area contributed by atoms with E-state index in [-0.39, 0.29) is 0 Å². The fourth-order valence-electron chi connectivity index (χ4n) is 2.28. The smallest absolute Gasteiger partial charge is 0.157 e. The van der Waals surface area contributed by atoms with Gasteiger partial charge in [0.15, 0.2) is 11.0 Å². The maximum atomic E-state index is 5.95. The summed E-state index contributed by atoms with van der Waals surface area (Å²) >= 11 is 5.94. The average Bonchev–Trinajstić information content (AvgIpc) is 2.44. The van der Waals surface area contributed by atoms with Gasteiger partial charge in [-0.15, -0.1) is 0 Å². The fraction of sp³-hybridized carbons (Fsp3) is 0.636. The third-order valence-electron chi connectivity index (χ3n) is 3.13. The minimum absolute atomic E-state index is 0.333. The van der Waals surface area contributed by atoms with Crippen molar-refractivity contribution < 1.29 is 0 Å². The first kappa shape index (κ1) is 12.4. The van der Waals surface area contributed by atoms with Crippen LogP contribution < -0.4 is 10.6 Å². The zero-order valence-electron chi connectivity index (χ0n) is 10.2. The predicted octanol–water partition coefficient (Wildman–Crippen LogP) is 1.24. The predicted molar refractivity (Wildman–Crippen MR) is 70.4 cm³/mol. The van der Waals surface area contributed by atoms with Gasteiger partial charge in [-0.1, -0.05) is 11.6 Å². The summed E-state index contributed by atoms with van der Waals surface area (Å²) in [5.74, 6) is 0.757. The van der Waals surface area contributed by atoms with Crippen LogP contribution in [0.5, 0.6) is 0 Å². The normalized spacial score (nSPS) is 22.5. The van der Waals surface area contributed by atoms with Crippen LogP contribution in [-0.4, -0.2) is 47.6 Å². The number of aromatic nitrogens is 2. The molecular formula is C11H18ClN5. The summed E-state index contributed by atoms with van der Waals surface area (Å²) < 4.78 is 0. The maximum Gasteiger partial charge on any atom is 0.157 e. The minimum Gasteiger partial charge on any atom is -0.393 e. The number of hydrogen-bond acceptors (Lipinski definition) is 5. The van der Waals surface area contributed by atoms with Crippen LogP contribution in [0.1, 0.15) is 13.3 Å². The molecule has 6 heteroatoms. The van der Waals surface area contributed by atoms with Crippen LogP contribution >= 0.6 is 11.6 Å². The number of nitrogens with two attached hydrogens (primary N) is 1. The molecule has 0 bridgehead atoms. The SMILES string of the molecule is CC1CN(C)CCCN1c1ncnc(Cl)c1N. The Morgan fingerprint density at radius 3 is 2.94 bits per heavy atom. The third kappa shape index (κ3) is 2.61.